The number of terminal acetylenes is 1. The first-order valence-electron chi connectivity index (χ1n) is 3.46. The number of ether oxygens (including phenoxy) is 1. The minimum atomic E-state index is -0.0621. The Hall–Kier alpha value is -1.01. The largest absolute Gasteiger partial charge is 0.375 e. The molecule has 3 heteroatoms. The fourth-order valence-corrected chi connectivity index (χ4v) is 0.701. The third-order valence-electron chi connectivity index (χ3n) is 1.28. The summed E-state index contributed by atoms with van der Waals surface area (Å²) in [6.45, 7) is 2.98. The second kappa shape index (κ2) is 5.75. The van der Waals surface area contributed by atoms with Crippen LogP contribution in [0.5, 0.6) is 0 Å². The van der Waals surface area contributed by atoms with Gasteiger partial charge < -0.3 is 9.64 Å². The van der Waals surface area contributed by atoms with Crippen LogP contribution in [0.1, 0.15) is 6.92 Å². The lowest BCUT2D eigenvalue weighted by Gasteiger charge is -2.16. The molecule has 0 aromatic carbocycles. The van der Waals surface area contributed by atoms with Crippen LogP contribution in [-0.4, -0.2) is 37.6 Å². The van der Waals surface area contributed by atoms with Crippen LogP contribution in [0.25, 0.3) is 0 Å². The Labute approximate surface area is 67.3 Å². The molecule has 0 atom stereocenters. The molecule has 11 heavy (non-hydrogen) atoms. The molecule has 0 aromatic heterocycles. The summed E-state index contributed by atoms with van der Waals surface area (Å²) in [6.07, 6.45) is 5.05. The van der Waals surface area contributed by atoms with Gasteiger partial charge >= 0.3 is 0 Å². The van der Waals surface area contributed by atoms with Crippen LogP contribution in [-0.2, 0) is 9.53 Å². The first-order chi connectivity index (χ1) is 5.26. The van der Waals surface area contributed by atoms with E-state index in [1.165, 1.54) is 7.11 Å². The standard InChI is InChI=1S/C8H13NO2/c1-4-6-9(5-2)8(10)7-11-3/h1H,5-7H2,2-3H3. The van der Waals surface area contributed by atoms with E-state index >= 15 is 0 Å². The molecule has 0 unspecified atom stereocenters. The molecular weight excluding hydrogens is 142 g/mol. The third kappa shape index (κ3) is 3.64. The summed E-state index contributed by atoms with van der Waals surface area (Å²) in [5, 5.41) is 0. The van der Waals surface area contributed by atoms with Crippen LogP contribution in [0.15, 0.2) is 0 Å². The van der Waals surface area contributed by atoms with E-state index in [0.717, 1.165) is 0 Å². The van der Waals surface area contributed by atoms with Crippen molar-refractivity contribution in [3.63, 3.8) is 0 Å². The number of likely N-dealkylation sites (N-methyl/N-ethyl adjacent to an activating group) is 1. The van der Waals surface area contributed by atoms with E-state index in [2.05, 4.69) is 10.7 Å². The number of rotatable bonds is 4. The van der Waals surface area contributed by atoms with Gasteiger partial charge in [0.25, 0.3) is 0 Å². The number of nitrogens with zero attached hydrogens (tertiary/aromatic N) is 1. The van der Waals surface area contributed by atoms with Crippen LogP contribution in [0, 0.1) is 12.3 Å². The summed E-state index contributed by atoms with van der Waals surface area (Å²) in [5.41, 5.74) is 0. The molecule has 0 bridgehead atoms. The highest BCUT2D eigenvalue weighted by Gasteiger charge is 2.08. The van der Waals surface area contributed by atoms with Gasteiger partial charge in [-0.05, 0) is 6.92 Å². The van der Waals surface area contributed by atoms with Gasteiger partial charge in [0, 0.05) is 13.7 Å². The van der Waals surface area contributed by atoms with Crippen molar-refractivity contribution >= 4 is 5.91 Å². The Morgan fingerprint density at radius 3 is 2.73 bits per heavy atom. The number of methoxy groups -OCH3 is 1. The molecule has 0 rings (SSSR count). The number of amides is 1. The molecule has 0 aromatic rings. The first-order valence-corrected chi connectivity index (χ1v) is 3.46. The maximum Gasteiger partial charge on any atom is 0.249 e. The fourth-order valence-electron chi connectivity index (χ4n) is 0.701. The van der Waals surface area contributed by atoms with Gasteiger partial charge in [0.15, 0.2) is 0 Å². The molecule has 0 saturated heterocycles. The molecule has 0 aliphatic heterocycles. The SMILES string of the molecule is C#CCN(CC)C(=O)COC. The molecule has 0 fully saturated rings. The zero-order valence-electron chi connectivity index (χ0n) is 6.96. The van der Waals surface area contributed by atoms with Crippen molar-refractivity contribution in [2.24, 2.45) is 0 Å². The van der Waals surface area contributed by atoms with E-state index in [1.807, 2.05) is 6.92 Å². The lowest BCUT2D eigenvalue weighted by atomic mass is 10.4. The Bertz CT molecular complexity index is 160. The molecule has 0 aliphatic rings. The Kier molecular flexibility index (Phi) is 5.22. The molecular formula is C8H13NO2. The Balaban J connectivity index is 3.83. The van der Waals surface area contributed by atoms with E-state index < -0.39 is 0 Å². The van der Waals surface area contributed by atoms with E-state index in [1.54, 1.807) is 4.90 Å². The van der Waals surface area contributed by atoms with E-state index in [-0.39, 0.29) is 12.5 Å². The maximum atomic E-state index is 11.1. The normalized spacial score (nSPS) is 8.82. The zero-order chi connectivity index (χ0) is 8.69. The Morgan fingerprint density at radius 1 is 1.73 bits per heavy atom. The second-order valence-electron chi connectivity index (χ2n) is 2.05. The van der Waals surface area contributed by atoms with Crippen LogP contribution in [0.2, 0.25) is 0 Å². The first kappa shape index (κ1) is 9.99. The highest BCUT2D eigenvalue weighted by atomic mass is 16.5. The van der Waals surface area contributed by atoms with Crippen LogP contribution >= 0.6 is 0 Å². The highest BCUT2D eigenvalue weighted by molar-refractivity contribution is 5.77. The van der Waals surface area contributed by atoms with Crippen molar-refractivity contribution in [3.05, 3.63) is 0 Å². The van der Waals surface area contributed by atoms with Gasteiger partial charge in [0.1, 0.15) is 6.61 Å². The highest BCUT2D eigenvalue weighted by Crippen LogP contribution is 1.88. The van der Waals surface area contributed by atoms with Gasteiger partial charge in [-0.2, -0.15) is 0 Å². The lowest BCUT2D eigenvalue weighted by Crippen LogP contribution is -2.33. The molecule has 0 heterocycles. The summed E-state index contributed by atoms with van der Waals surface area (Å²) in [4.78, 5) is 12.6. The van der Waals surface area contributed by atoms with Gasteiger partial charge in [0.2, 0.25) is 5.91 Å². The molecule has 0 radical (unpaired) electrons. The summed E-state index contributed by atoms with van der Waals surface area (Å²) in [7, 11) is 1.49. The number of hydrogen-bond acceptors (Lipinski definition) is 2. The van der Waals surface area contributed by atoms with Crippen molar-refractivity contribution < 1.29 is 9.53 Å². The summed E-state index contributed by atoms with van der Waals surface area (Å²) in [6, 6.07) is 0. The number of carbonyl (C=O) groups is 1. The molecule has 0 saturated carbocycles. The zero-order valence-corrected chi connectivity index (χ0v) is 6.96. The van der Waals surface area contributed by atoms with Crippen molar-refractivity contribution in [3.8, 4) is 12.3 Å². The van der Waals surface area contributed by atoms with Gasteiger partial charge in [0.05, 0.1) is 6.54 Å². The summed E-state index contributed by atoms with van der Waals surface area (Å²) >= 11 is 0. The lowest BCUT2D eigenvalue weighted by molar-refractivity contribution is -0.134. The summed E-state index contributed by atoms with van der Waals surface area (Å²) in [5.74, 6) is 2.35. The van der Waals surface area contributed by atoms with Crippen LogP contribution in [0.3, 0.4) is 0 Å². The van der Waals surface area contributed by atoms with Gasteiger partial charge in [-0.3, -0.25) is 4.79 Å². The minimum Gasteiger partial charge on any atom is -0.375 e. The van der Waals surface area contributed by atoms with Gasteiger partial charge in [-0.15, -0.1) is 6.42 Å². The average Bonchev–Trinajstić information content (AvgIpc) is 2.00. The number of hydrogen-bond donors (Lipinski definition) is 0. The number of carbonyl (C=O) groups excluding carboxylic acids is 1. The fraction of sp³-hybridized carbons (Fsp3) is 0.625. The van der Waals surface area contributed by atoms with Crippen LogP contribution < -0.4 is 0 Å². The van der Waals surface area contributed by atoms with Crippen LogP contribution in [0.4, 0.5) is 0 Å². The quantitative estimate of drug-likeness (QED) is 0.539. The van der Waals surface area contributed by atoms with Crippen molar-refractivity contribution in [2.75, 3.05) is 26.8 Å². The van der Waals surface area contributed by atoms with E-state index in [9.17, 15) is 4.79 Å². The van der Waals surface area contributed by atoms with Gasteiger partial charge in [-0.1, -0.05) is 5.92 Å². The smallest absolute Gasteiger partial charge is 0.249 e. The third-order valence-corrected chi connectivity index (χ3v) is 1.28. The topological polar surface area (TPSA) is 29.5 Å². The van der Waals surface area contributed by atoms with Gasteiger partial charge in [-0.25, -0.2) is 0 Å². The summed E-state index contributed by atoms with van der Waals surface area (Å²) < 4.78 is 4.67. The second-order valence-corrected chi connectivity index (χ2v) is 2.05. The molecule has 3 nitrogen and oxygen atoms in total. The average molecular weight is 155 g/mol. The van der Waals surface area contributed by atoms with Crippen molar-refractivity contribution in [1.29, 1.82) is 0 Å². The van der Waals surface area contributed by atoms with Crippen molar-refractivity contribution in [1.82, 2.24) is 4.90 Å². The molecule has 1 amide bonds. The predicted octanol–water partition coefficient (Wildman–Crippen LogP) is 0.115. The molecule has 62 valence electrons. The Morgan fingerprint density at radius 2 is 2.36 bits per heavy atom. The van der Waals surface area contributed by atoms with E-state index in [0.29, 0.717) is 13.1 Å². The predicted molar refractivity (Wildman–Crippen MR) is 43.0 cm³/mol. The van der Waals surface area contributed by atoms with Crippen molar-refractivity contribution in [2.45, 2.75) is 6.92 Å². The van der Waals surface area contributed by atoms with E-state index in [4.69, 9.17) is 6.42 Å². The monoisotopic (exact) mass is 155 g/mol. The molecule has 0 aliphatic carbocycles. The minimum absolute atomic E-state index is 0.0621. The molecule has 0 spiro atoms. The molecule has 0 N–H and O–H groups in total. The maximum absolute atomic E-state index is 11.1.